The lowest BCUT2D eigenvalue weighted by Gasteiger charge is -2.02. The summed E-state index contributed by atoms with van der Waals surface area (Å²) in [6.45, 7) is 0. The molecule has 3 rings (SSSR count). The van der Waals surface area contributed by atoms with Crippen LogP contribution in [-0.4, -0.2) is 24.5 Å². The molecule has 1 saturated carbocycles. The Balaban J connectivity index is 2.07. The van der Waals surface area contributed by atoms with Crippen LogP contribution in [-0.2, 0) is 0 Å². The average molecular weight is 222 g/mol. The highest BCUT2D eigenvalue weighted by Crippen LogP contribution is 2.38. The SMILES string of the molecule is Clc1nc(C2CC2)nc(-n2ccnc2)n1. The summed E-state index contributed by atoms with van der Waals surface area (Å²) in [6, 6.07) is 0. The molecule has 2 heterocycles. The number of hydrogen-bond donors (Lipinski definition) is 0. The molecule has 0 N–H and O–H groups in total. The molecule has 0 aliphatic heterocycles. The van der Waals surface area contributed by atoms with Gasteiger partial charge in [0.15, 0.2) is 0 Å². The van der Waals surface area contributed by atoms with Gasteiger partial charge in [0.1, 0.15) is 12.2 Å². The second kappa shape index (κ2) is 3.27. The summed E-state index contributed by atoms with van der Waals surface area (Å²) in [5, 5.41) is 0.246. The summed E-state index contributed by atoms with van der Waals surface area (Å²) in [4.78, 5) is 16.5. The highest BCUT2D eigenvalue weighted by molar-refractivity contribution is 6.28. The van der Waals surface area contributed by atoms with Gasteiger partial charge < -0.3 is 0 Å². The highest BCUT2D eigenvalue weighted by Gasteiger charge is 2.27. The van der Waals surface area contributed by atoms with Crippen molar-refractivity contribution in [3.63, 3.8) is 0 Å². The maximum Gasteiger partial charge on any atom is 0.239 e. The highest BCUT2D eigenvalue weighted by atomic mass is 35.5. The number of hydrogen-bond acceptors (Lipinski definition) is 4. The monoisotopic (exact) mass is 221 g/mol. The molecule has 0 saturated heterocycles. The van der Waals surface area contributed by atoms with E-state index in [1.807, 2.05) is 0 Å². The van der Waals surface area contributed by atoms with Crippen LogP contribution in [0.2, 0.25) is 5.28 Å². The first-order valence-corrected chi connectivity index (χ1v) is 5.10. The fourth-order valence-electron chi connectivity index (χ4n) is 1.37. The first kappa shape index (κ1) is 8.79. The number of halogens is 1. The number of aromatic nitrogens is 5. The predicted molar refractivity (Wildman–Crippen MR) is 53.9 cm³/mol. The first-order chi connectivity index (χ1) is 7.33. The third kappa shape index (κ3) is 1.70. The molecule has 0 spiro atoms. The molecular weight excluding hydrogens is 214 g/mol. The van der Waals surface area contributed by atoms with E-state index in [1.54, 1.807) is 23.3 Å². The Kier molecular flexibility index (Phi) is 1.92. The Labute approximate surface area is 91.2 Å². The molecule has 1 aliphatic carbocycles. The van der Waals surface area contributed by atoms with Gasteiger partial charge in [0.2, 0.25) is 11.2 Å². The van der Waals surface area contributed by atoms with Gasteiger partial charge in [-0.2, -0.15) is 9.97 Å². The van der Waals surface area contributed by atoms with Crippen LogP contribution in [0.25, 0.3) is 5.95 Å². The van der Waals surface area contributed by atoms with Crippen LogP contribution in [0, 0.1) is 0 Å². The van der Waals surface area contributed by atoms with Gasteiger partial charge in [0.05, 0.1) is 0 Å². The van der Waals surface area contributed by atoms with Crippen LogP contribution in [0.3, 0.4) is 0 Å². The van der Waals surface area contributed by atoms with Crippen LogP contribution in [0.5, 0.6) is 0 Å². The van der Waals surface area contributed by atoms with E-state index >= 15 is 0 Å². The standard InChI is InChI=1S/C9H8ClN5/c10-8-12-7(6-1-2-6)13-9(14-8)15-4-3-11-5-15/h3-6H,1-2H2. The van der Waals surface area contributed by atoms with Gasteiger partial charge in [-0.25, -0.2) is 9.97 Å². The summed E-state index contributed by atoms with van der Waals surface area (Å²) >= 11 is 5.84. The lowest BCUT2D eigenvalue weighted by atomic mass is 10.4. The summed E-state index contributed by atoms with van der Waals surface area (Å²) in [7, 11) is 0. The molecule has 6 heteroatoms. The number of imidazole rings is 1. The third-order valence-electron chi connectivity index (χ3n) is 2.29. The zero-order valence-electron chi connectivity index (χ0n) is 7.84. The Morgan fingerprint density at radius 3 is 2.80 bits per heavy atom. The Bertz CT molecular complexity index is 477. The van der Waals surface area contributed by atoms with Crippen molar-refractivity contribution < 1.29 is 0 Å². The maximum atomic E-state index is 5.84. The van der Waals surface area contributed by atoms with Crippen LogP contribution in [0.1, 0.15) is 24.6 Å². The second-order valence-electron chi connectivity index (χ2n) is 3.51. The van der Waals surface area contributed by atoms with Gasteiger partial charge in [-0.3, -0.25) is 4.57 Å². The smallest absolute Gasteiger partial charge is 0.239 e. The van der Waals surface area contributed by atoms with Gasteiger partial charge >= 0.3 is 0 Å². The van der Waals surface area contributed by atoms with E-state index in [0.29, 0.717) is 11.9 Å². The van der Waals surface area contributed by atoms with Crippen molar-refractivity contribution in [2.24, 2.45) is 0 Å². The molecule has 0 unspecified atom stereocenters. The van der Waals surface area contributed by atoms with Crippen molar-refractivity contribution in [2.75, 3.05) is 0 Å². The van der Waals surface area contributed by atoms with E-state index < -0.39 is 0 Å². The van der Waals surface area contributed by atoms with Crippen molar-refractivity contribution in [3.8, 4) is 5.95 Å². The summed E-state index contributed by atoms with van der Waals surface area (Å²) < 4.78 is 1.72. The molecule has 5 nitrogen and oxygen atoms in total. The van der Waals surface area contributed by atoms with Gasteiger partial charge in [-0.05, 0) is 24.4 Å². The lowest BCUT2D eigenvalue weighted by Crippen LogP contribution is -2.04. The molecule has 2 aromatic heterocycles. The quantitative estimate of drug-likeness (QED) is 0.773. The van der Waals surface area contributed by atoms with Crippen molar-refractivity contribution in [3.05, 3.63) is 29.8 Å². The molecule has 0 bridgehead atoms. The predicted octanol–water partition coefficient (Wildman–Crippen LogP) is 1.59. The molecule has 1 aliphatic rings. The zero-order valence-corrected chi connectivity index (χ0v) is 8.59. The second-order valence-corrected chi connectivity index (χ2v) is 3.84. The molecule has 0 radical (unpaired) electrons. The van der Waals surface area contributed by atoms with Gasteiger partial charge in [0, 0.05) is 18.3 Å². The van der Waals surface area contributed by atoms with Crippen LogP contribution in [0.15, 0.2) is 18.7 Å². The van der Waals surface area contributed by atoms with E-state index in [9.17, 15) is 0 Å². The molecular formula is C9H8ClN5. The zero-order chi connectivity index (χ0) is 10.3. The summed E-state index contributed by atoms with van der Waals surface area (Å²) in [5.41, 5.74) is 0. The van der Waals surface area contributed by atoms with Gasteiger partial charge in [-0.15, -0.1) is 0 Å². The van der Waals surface area contributed by atoms with Crippen molar-refractivity contribution in [1.29, 1.82) is 0 Å². The Hall–Kier alpha value is -1.49. The first-order valence-electron chi connectivity index (χ1n) is 4.73. The van der Waals surface area contributed by atoms with Crippen LogP contribution in [0.4, 0.5) is 0 Å². The van der Waals surface area contributed by atoms with E-state index in [2.05, 4.69) is 19.9 Å². The maximum absolute atomic E-state index is 5.84. The van der Waals surface area contributed by atoms with Gasteiger partial charge in [0.25, 0.3) is 0 Å². The molecule has 2 aromatic rings. The minimum Gasteiger partial charge on any atom is -0.274 e. The molecule has 0 amide bonds. The van der Waals surface area contributed by atoms with E-state index in [0.717, 1.165) is 18.7 Å². The largest absolute Gasteiger partial charge is 0.274 e. The Morgan fingerprint density at radius 2 is 2.13 bits per heavy atom. The van der Waals surface area contributed by atoms with E-state index in [-0.39, 0.29) is 5.28 Å². The molecule has 15 heavy (non-hydrogen) atoms. The molecule has 76 valence electrons. The van der Waals surface area contributed by atoms with Crippen LogP contribution < -0.4 is 0 Å². The minimum absolute atomic E-state index is 0.246. The Morgan fingerprint density at radius 1 is 1.27 bits per heavy atom. The molecule has 0 aromatic carbocycles. The number of rotatable bonds is 2. The summed E-state index contributed by atoms with van der Waals surface area (Å²) in [5.74, 6) is 1.79. The van der Waals surface area contributed by atoms with E-state index in [4.69, 9.17) is 11.6 Å². The minimum atomic E-state index is 0.246. The van der Waals surface area contributed by atoms with Gasteiger partial charge in [-0.1, -0.05) is 0 Å². The fourth-order valence-corrected chi connectivity index (χ4v) is 1.53. The number of nitrogens with zero attached hydrogens (tertiary/aromatic N) is 5. The van der Waals surface area contributed by atoms with Crippen molar-refractivity contribution in [1.82, 2.24) is 24.5 Å². The normalized spacial score (nSPS) is 15.5. The fraction of sp³-hybridized carbons (Fsp3) is 0.333. The topological polar surface area (TPSA) is 56.5 Å². The summed E-state index contributed by atoms with van der Waals surface area (Å²) in [6.07, 6.45) is 7.38. The van der Waals surface area contributed by atoms with Crippen molar-refractivity contribution in [2.45, 2.75) is 18.8 Å². The molecule has 1 fully saturated rings. The van der Waals surface area contributed by atoms with Crippen LogP contribution >= 0.6 is 11.6 Å². The lowest BCUT2D eigenvalue weighted by molar-refractivity contribution is 0.825. The van der Waals surface area contributed by atoms with Crippen molar-refractivity contribution >= 4 is 11.6 Å². The average Bonchev–Trinajstić information content (AvgIpc) is 2.93. The third-order valence-corrected chi connectivity index (χ3v) is 2.46. The van der Waals surface area contributed by atoms with E-state index in [1.165, 1.54) is 0 Å². The molecule has 0 atom stereocenters.